The Balaban J connectivity index is 2.83. The summed E-state index contributed by atoms with van der Waals surface area (Å²) in [5.74, 6) is 0. The third-order valence-electron chi connectivity index (χ3n) is 1.04. The Morgan fingerprint density at radius 2 is 2.00 bits per heavy atom. The molecule has 0 aromatic heterocycles. The van der Waals surface area contributed by atoms with Crippen LogP contribution in [0.15, 0.2) is 0 Å². The van der Waals surface area contributed by atoms with Crippen LogP contribution in [0.1, 0.15) is 20.3 Å². The molecule has 0 amide bonds. The summed E-state index contributed by atoms with van der Waals surface area (Å²) in [4.78, 5) is 0. The van der Waals surface area contributed by atoms with E-state index in [1.165, 1.54) is 18.5 Å². The predicted molar refractivity (Wildman–Crippen MR) is 38.6 cm³/mol. The van der Waals surface area contributed by atoms with Crippen molar-refractivity contribution in [2.45, 2.75) is 32.4 Å². The maximum absolute atomic E-state index is 5.90. The zero-order valence-electron chi connectivity index (χ0n) is 5.08. The van der Waals surface area contributed by atoms with Crippen LogP contribution in [-0.2, 0) is 0 Å². The molecule has 0 N–H and O–H groups in total. The third-order valence-corrected chi connectivity index (χ3v) is 4.72. The Labute approximate surface area is 52.2 Å². The van der Waals surface area contributed by atoms with Gasteiger partial charge in [0, 0.05) is 0 Å². The topological polar surface area (TPSA) is 0 Å². The van der Waals surface area contributed by atoms with E-state index in [4.69, 9.17) is 11.1 Å². The largest absolute Gasteiger partial charge is 0.172 e. The molecule has 44 valence electrons. The van der Waals surface area contributed by atoms with Gasteiger partial charge in [-0.3, -0.25) is 0 Å². The number of halogens is 1. The van der Waals surface area contributed by atoms with Gasteiger partial charge in [0.1, 0.15) is 8.11 Å². The molecule has 0 saturated heterocycles. The summed E-state index contributed by atoms with van der Waals surface area (Å²) in [5, 5.41) is 0. The minimum absolute atomic E-state index is 0.709. The van der Waals surface area contributed by atoms with Crippen LogP contribution in [0.2, 0.25) is 12.1 Å². The molecule has 0 bridgehead atoms. The fourth-order valence-corrected chi connectivity index (χ4v) is 2.21. The van der Waals surface area contributed by atoms with E-state index in [0.717, 1.165) is 0 Å². The second-order valence-corrected chi connectivity index (χ2v) is 6.23. The molecule has 0 aromatic rings. The summed E-state index contributed by atoms with van der Waals surface area (Å²) >= 11 is 5.90. The van der Waals surface area contributed by atoms with Gasteiger partial charge in [-0.25, -0.2) is 0 Å². The van der Waals surface area contributed by atoms with Crippen LogP contribution in [0.25, 0.3) is 0 Å². The molecule has 0 rings (SSSR count). The lowest BCUT2D eigenvalue weighted by molar-refractivity contribution is 1.06. The Bertz CT molecular complexity index is 39.1. The maximum atomic E-state index is 5.90. The van der Waals surface area contributed by atoms with E-state index < -0.39 is 8.11 Å². The number of hydrogen-bond donors (Lipinski definition) is 0. The molecular weight excluding hydrogens is 124 g/mol. The molecule has 0 saturated carbocycles. The van der Waals surface area contributed by atoms with Gasteiger partial charge >= 0.3 is 0 Å². The third kappa shape index (κ3) is 4.36. The van der Waals surface area contributed by atoms with Crippen molar-refractivity contribution in [3.8, 4) is 0 Å². The van der Waals surface area contributed by atoms with E-state index in [-0.39, 0.29) is 0 Å². The molecular formula is C5H13ClSi. The standard InChI is InChI=1S/C5H13ClSi/c1-3-5-7(6)4-2/h7H,3-5H2,1-2H3. The van der Waals surface area contributed by atoms with Crippen molar-refractivity contribution in [1.29, 1.82) is 0 Å². The lowest BCUT2D eigenvalue weighted by Crippen LogP contribution is -1.97. The van der Waals surface area contributed by atoms with E-state index in [1.54, 1.807) is 0 Å². The first-order valence-corrected chi connectivity index (χ1v) is 6.33. The van der Waals surface area contributed by atoms with Crippen LogP contribution in [0.4, 0.5) is 0 Å². The molecule has 0 aromatic carbocycles. The zero-order chi connectivity index (χ0) is 5.70. The van der Waals surface area contributed by atoms with Gasteiger partial charge in [0.2, 0.25) is 0 Å². The average Bonchev–Trinajstić information content (AvgIpc) is 1.68. The van der Waals surface area contributed by atoms with E-state index in [2.05, 4.69) is 13.8 Å². The van der Waals surface area contributed by atoms with Gasteiger partial charge in [0.05, 0.1) is 0 Å². The van der Waals surface area contributed by atoms with E-state index in [9.17, 15) is 0 Å². The monoisotopic (exact) mass is 136 g/mol. The van der Waals surface area contributed by atoms with E-state index in [1.807, 2.05) is 0 Å². The molecule has 0 radical (unpaired) electrons. The summed E-state index contributed by atoms with van der Waals surface area (Å²) in [6.07, 6.45) is 1.27. The first-order valence-electron chi connectivity index (χ1n) is 2.95. The molecule has 0 heterocycles. The highest BCUT2D eigenvalue weighted by molar-refractivity contribution is 7.06. The Morgan fingerprint density at radius 3 is 2.14 bits per heavy atom. The van der Waals surface area contributed by atoms with Crippen molar-refractivity contribution < 1.29 is 0 Å². The van der Waals surface area contributed by atoms with Crippen LogP contribution in [-0.4, -0.2) is 8.11 Å². The number of rotatable bonds is 3. The van der Waals surface area contributed by atoms with Crippen molar-refractivity contribution in [3.63, 3.8) is 0 Å². The van der Waals surface area contributed by atoms with Gasteiger partial charge in [-0.2, -0.15) is 11.1 Å². The molecule has 1 atom stereocenters. The van der Waals surface area contributed by atoms with Crippen LogP contribution in [0.3, 0.4) is 0 Å². The summed E-state index contributed by atoms with van der Waals surface area (Å²) in [6.45, 7) is 4.37. The average molecular weight is 137 g/mol. The van der Waals surface area contributed by atoms with Crippen LogP contribution in [0, 0.1) is 0 Å². The van der Waals surface area contributed by atoms with Gasteiger partial charge in [-0.1, -0.05) is 20.3 Å². The zero-order valence-corrected chi connectivity index (χ0v) is 6.99. The minimum Gasteiger partial charge on any atom is -0.172 e. The number of hydrogen-bond acceptors (Lipinski definition) is 0. The molecule has 0 fully saturated rings. The summed E-state index contributed by atoms with van der Waals surface area (Å²) < 4.78 is 0. The van der Waals surface area contributed by atoms with Crippen LogP contribution >= 0.6 is 11.1 Å². The Kier molecular flexibility index (Phi) is 5.00. The smallest absolute Gasteiger partial charge is 0.140 e. The molecule has 2 heteroatoms. The first-order chi connectivity index (χ1) is 3.31. The van der Waals surface area contributed by atoms with Crippen LogP contribution < -0.4 is 0 Å². The molecule has 0 nitrogen and oxygen atoms in total. The molecule has 0 spiro atoms. The summed E-state index contributed by atoms with van der Waals surface area (Å²) in [7, 11) is -0.709. The van der Waals surface area contributed by atoms with Crippen molar-refractivity contribution in [2.75, 3.05) is 0 Å². The quantitative estimate of drug-likeness (QED) is 0.413. The van der Waals surface area contributed by atoms with Gasteiger partial charge in [-0.15, -0.1) is 0 Å². The first kappa shape index (κ1) is 7.51. The summed E-state index contributed by atoms with van der Waals surface area (Å²) in [6, 6.07) is 2.55. The van der Waals surface area contributed by atoms with Crippen LogP contribution in [0.5, 0.6) is 0 Å². The Morgan fingerprint density at radius 1 is 1.43 bits per heavy atom. The predicted octanol–water partition coefficient (Wildman–Crippen LogP) is 2.38. The van der Waals surface area contributed by atoms with Crippen molar-refractivity contribution in [3.05, 3.63) is 0 Å². The van der Waals surface area contributed by atoms with E-state index >= 15 is 0 Å². The second-order valence-electron chi connectivity index (χ2n) is 1.79. The fraction of sp³-hybridized carbons (Fsp3) is 1.00. The summed E-state index contributed by atoms with van der Waals surface area (Å²) in [5.41, 5.74) is 0. The van der Waals surface area contributed by atoms with Gasteiger partial charge in [0.25, 0.3) is 0 Å². The SMILES string of the molecule is CCC[SiH](Cl)CC. The molecule has 1 unspecified atom stereocenters. The molecule has 0 aliphatic carbocycles. The van der Waals surface area contributed by atoms with Crippen molar-refractivity contribution in [1.82, 2.24) is 0 Å². The lowest BCUT2D eigenvalue weighted by atomic mass is 10.6. The van der Waals surface area contributed by atoms with Gasteiger partial charge in [0.15, 0.2) is 0 Å². The highest BCUT2D eigenvalue weighted by Crippen LogP contribution is 2.04. The highest BCUT2D eigenvalue weighted by Gasteiger charge is 1.98. The van der Waals surface area contributed by atoms with Gasteiger partial charge in [-0.05, 0) is 12.1 Å². The molecule has 0 aliphatic heterocycles. The molecule has 0 aliphatic rings. The maximum Gasteiger partial charge on any atom is 0.140 e. The van der Waals surface area contributed by atoms with Crippen molar-refractivity contribution in [2.24, 2.45) is 0 Å². The van der Waals surface area contributed by atoms with Gasteiger partial charge < -0.3 is 0 Å². The Hall–Kier alpha value is 0.507. The normalized spacial score (nSPS) is 14.1. The highest BCUT2D eigenvalue weighted by atomic mass is 35.6. The second kappa shape index (κ2) is 4.66. The lowest BCUT2D eigenvalue weighted by Gasteiger charge is -1.97. The fourth-order valence-electron chi connectivity index (χ4n) is 0.517. The van der Waals surface area contributed by atoms with E-state index in [0.29, 0.717) is 0 Å². The van der Waals surface area contributed by atoms with Crippen molar-refractivity contribution >= 4 is 19.2 Å². The minimum atomic E-state index is -0.709. The molecule has 7 heavy (non-hydrogen) atoms.